The molecule has 11 heavy (non-hydrogen) atoms. The van der Waals surface area contributed by atoms with E-state index in [1.54, 1.807) is 0 Å². The van der Waals surface area contributed by atoms with Crippen LogP contribution in [-0.2, 0) is 0 Å². The number of nitrogens with zero attached hydrogens (tertiary/aromatic N) is 1. The second kappa shape index (κ2) is 4.73. The molecule has 0 rings (SSSR count). The van der Waals surface area contributed by atoms with E-state index < -0.39 is 0 Å². The normalized spacial score (nSPS) is 15.0. The first-order valence-electron chi connectivity index (χ1n) is 4.42. The van der Waals surface area contributed by atoms with Crippen molar-refractivity contribution in [3.8, 4) is 0 Å². The third kappa shape index (κ3) is 3.21. The molecule has 2 nitrogen and oxygen atoms in total. The van der Waals surface area contributed by atoms with E-state index in [4.69, 9.17) is 0 Å². The second-order valence-electron chi connectivity index (χ2n) is 3.23. The van der Waals surface area contributed by atoms with E-state index in [1.165, 1.54) is 0 Å². The van der Waals surface area contributed by atoms with Crippen molar-refractivity contribution in [2.75, 3.05) is 26.2 Å². The van der Waals surface area contributed by atoms with E-state index in [0.717, 1.165) is 30.7 Å². The van der Waals surface area contributed by atoms with Crippen molar-refractivity contribution >= 4 is 0 Å². The summed E-state index contributed by atoms with van der Waals surface area (Å²) in [5, 5.41) is 9.24. The molecule has 2 heteroatoms. The summed E-state index contributed by atoms with van der Waals surface area (Å²) in [7, 11) is 0. The molecule has 0 saturated heterocycles. The van der Waals surface area contributed by atoms with E-state index >= 15 is 0 Å². The average molecular weight is 159 g/mol. The summed E-state index contributed by atoms with van der Waals surface area (Å²) in [6.07, 6.45) is -0.211. The van der Waals surface area contributed by atoms with Crippen LogP contribution in [0.15, 0.2) is 0 Å². The molecule has 0 aliphatic carbocycles. The Morgan fingerprint density at radius 2 is 1.82 bits per heavy atom. The number of hydrogen-bond donors (Lipinski definition) is 1. The molecule has 0 heterocycles. The molecule has 1 radical (unpaired) electrons. The van der Waals surface area contributed by atoms with E-state index in [2.05, 4.69) is 20.8 Å². The summed E-state index contributed by atoms with van der Waals surface area (Å²) < 4.78 is 0.928. The minimum Gasteiger partial charge on any atom is -0.388 e. The molecule has 0 aromatic rings. The SMILES string of the molecule is [CH2]C[N+](CC)(CC)CC(C)O. The lowest BCUT2D eigenvalue weighted by Gasteiger charge is -2.36. The molecule has 0 aromatic heterocycles. The highest BCUT2D eigenvalue weighted by molar-refractivity contribution is 4.48. The highest BCUT2D eigenvalue weighted by Crippen LogP contribution is 2.06. The van der Waals surface area contributed by atoms with Crippen LogP contribution in [-0.4, -0.2) is 41.9 Å². The van der Waals surface area contributed by atoms with Crippen LogP contribution < -0.4 is 0 Å². The van der Waals surface area contributed by atoms with Crippen molar-refractivity contribution in [3.05, 3.63) is 6.92 Å². The van der Waals surface area contributed by atoms with E-state index in [9.17, 15) is 5.11 Å². The molecule has 0 amide bonds. The largest absolute Gasteiger partial charge is 0.388 e. The Morgan fingerprint density at radius 1 is 1.36 bits per heavy atom. The van der Waals surface area contributed by atoms with Gasteiger partial charge in [0.2, 0.25) is 0 Å². The third-order valence-corrected chi connectivity index (χ3v) is 2.47. The van der Waals surface area contributed by atoms with Gasteiger partial charge in [-0.25, -0.2) is 0 Å². The van der Waals surface area contributed by atoms with Gasteiger partial charge in [0.25, 0.3) is 0 Å². The monoisotopic (exact) mass is 159 g/mol. The second-order valence-corrected chi connectivity index (χ2v) is 3.23. The van der Waals surface area contributed by atoms with Crippen molar-refractivity contribution in [1.29, 1.82) is 0 Å². The quantitative estimate of drug-likeness (QED) is 0.595. The molecule has 0 fully saturated rings. The van der Waals surface area contributed by atoms with Gasteiger partial charge in [0.05, 0.1) is 19.6 Å². The van der Waals surface area contributed by atoms with Gasteiger partial charge in [-0.2, -0.15) is 0 Å². The van der Waals surface area contributed by atoms with Gasteiger partial charge in [0.15, 0.2) is 0 Å². The molecule has 0 bridgehead atoms. The first kappa shape index (κ1) is 10.9. The molecule has 0 aliphatic rings. The Morgan fingerprint density at radius 3 is 1.91 bits per heavy atom. The molecule has 0 aromatic carbocycles. The summed E-state index contributed by atoms with van der Waals surface area (Å²) in [4.78, 5) is 0. The minimum absolute atomic E-state index is 0.211. The van der Waals surface area contributed by atoms with Gasteiger partial charge in [0, 0.05) is 6.92 Å². The maximum atomic E-state index is 9.24. The molecular formula is C9H21NO+. The average Bonchev–Trinajstić information content (AvgIpc) is 2.00. The number of aliphatic hydroxyl groups excluding tert-OH is 1. The Hall–Kier alpha value is -0.0800. The maximum Gasteiger partial charge on any atom is 0.105 e. The third-order valence-electron chi connectivity index (χ3n) is 2.47. The van der Waals surface area contributed by atoms with Crippen LogP contribution in [0, 0.1) is 6.92 Å². The molecule has 1 atom stereocenters. The van der Waals surface area contributed by atoms with Gasteiger partial charge in [-0.3, -0.25) is 0 Å². The Labute approximate surface area is 70.4 Å². The van der Waals surface area contributed by atoms with Gasteiger partial charge in [-0.15, -0.1) is 0 Å². The van der Waals surface area contributed by atoms with Gasteiger partial charge in [-0.05, 0) is 20.8 Å². The van der Waals surface area contributed by atoms with Gasteiger partial charge < -0.3 is 9.59 Å². The lowest BCUT2D eigenvalue weighted by atomic mass is 10.2. The lowest BCUT2D eigenvalue weighted by Crippen LogP contribution is -2.51. The zero-order valence-corrected chi connectivity index (χ0v) is 8.01. The van der Waals surface area contributed by atoms with E-state index in [0.29, 0.717) is 0 Å². The zero-order chi connectivity index (χ0) is 8.91. The summed E-state index contributed by atoms with van der Waals surface area (Å²) in [5.41, 5.74) is 0. The zero-order valence-electron chi connectivity index (χ0n) is 8.01. The fourth-order valence-corrected chi connectivity index (χ4v) is 1.45. The summed E-state index contributed by atoms with van der Waals surface area (Å²) in [6.45, 7) is 13.9. The molecule has 1 unspecified atom stereocenters. The maximum absolute atomic E-state index is 9.24. The van der Waals surface area contributed by atoms with Crippen molar-refractivity contribution in [2.24, 2.45) is 0 Å². The number of rotatable bonds is 5. The lowest BCUT2D eigenvalue weighted by molar-refractivity contribution is -0.922. The van der Waals surface area contributed by atoms with E-state index in [-0.39, 0.29) is 6.10 Å². The topological polar surface area (TPSA) is 20.2 Å². The Bertz CT molecular complexity index is 89.5. The van der Waals surface area contributed by atoms with Crippen molar-refractivity contribution in [2.45, 2.75) is 26.9 Å². The Balaban J connectivity index is 4.05. The predicted octanol–water partition coefficient (Wildman–Crippen LogP) is 1.06. The number of aliphatic hydroxyl groups is 1. The standard InChI is InChI=1S/C9H21NO/c1-5-10(6-2,7-3)8-9(4)11/h9,11H,1,5-8H2,2-4H3/q+1. The smallest absolute Gasteiger partial charge is 0.105 e. The molecule has 0 spiro atoms. The Kier molecular flexibility index (Phi) is 4.69. The molecule has 0 saturated carbocycles. The fourth-order valence-electron chi connectivity index (χ4n) is 1.45. The van der Waals surface area contributed by atoms with Crippen molar-refractivity contribution in [3.63, 3.8) is 0 Å². The van der Waals surface area contributed by atoms with Crippen molar-refractivity contribution in [1.82, 2.24) is 0 Å². The van der Waals surface area contributed by atoms with Crippen LogP contribution in [0.25, 0.3) is 0 Å². The van der Waals surface area contributed by atoms with Crippen LogP contribution in [0.5, 0.6) is 0 Å². The van der Waals surface area contributed by atoms with Crippen LogP contribution in [0.3, 0.4) is 0 Å². The number of quaternary nitrogens is 1. The highest BCUT2D eigenvalue weighted by atomic mass is 16.3. The summed E-state index contributed by atoms with van der Waals surface area (Å²) in [5.74, 6) is 0. The summed E-state index contributed by atoms with van der Waals surface area (Å²) in [6, 6.07) is 0. The predicted molar refractivity (Wildman–Crippen MR) is 48.1 cm³/mol. The van der Waals surface area contributed by atoms with Crippen LogP contribution in [0.4, 0.5) is 0 Å². The first-order valence-corrected chi connectivity index (χ1v) is 4.42. The van der Waals surface area contributed by atoms with Gasteiger partial charge in [0.1, 0.15) is 12.6 Å². The molecule has 67 valence electrons. The number of likely N-dealkylation sites (N-methyl/N-ethyl adjacent to an activating group) is 1. The van der Waals surface area contributed by atoms with Crippen LogP contribution in [0.1, 0.15) is 20.8 Å². The molecule has 1 N–H and O–H groups in total. The van der Waals surface area contributed by atoms with Crippen LogP contribution >= 0.6 is 0 Å². The van der Waals surface area contributed by atoms with Crippen LogP contribution in [0.2, 0.25) is 0 Å². The molecular weight excluding hydrogens is 138 g/mol. The number of hydrogen-bond acceptors (Lipinski definition) is 1. The van der Waals surface area contributed by atoms with E-state index in [1.807, 2.05) is 6.92 Å². The minimum atomic E-state index is -0.211. The van der Waals surface area contributed by atoms with Crippen molar-refractivity contribution < 1.29 is 9.59 Å². The molecule has 0 aliphatic heterocycles. The van der Waals surface area contributed by atoms with Gasteiger partial charge in [-0.1, -0.05) is 0 Å². The van der Waals surface area contributed by atoms with Gasteiger partial charge >= 0.3 is 0 Å². The highest BCUT2D eigenvalue weighted by Gasteiger charge is 2.22. The first-order chi connectivity index (χ1) is 5.10. The fraction of sp³-hybridized carbons (Fsp3) is 0.889. The summed E-state index contributed by atoms with van der Waals surface area (Å²) >= 11 is 0.